The minimum absolute atomic E-state index is 0.108. The van der Waals surface area contributed by atoms with E-state index in [1.807, 2.05) is 6.07 Å². The van der Waals surface area contributed by atoms with E-state index in [9.17, 15) is 4.39 Å². The lowest BCUT2D eigenvalue weighted by atomic mass is 9.95. The molecule has 1 aliphatic rings. The molecular formula is C15H22BrFN2. The second kappa shape index (κ2) is 7.98. The van der Waals surface area contributed by atoms with Gasteiger partial charge in [0.2, 0.25) is 0 Å². The molecule has 0 atom stereocenters. The molecule has 1 aromatic carbocycles. The zero-order valence-corrected chi connectivity index (χ0v) is 12.8. The molecule has 1 aromatic rings. The molecule has 0 spiro atoms. The first kappa shape index (κ1) is 14.9. The van der Waals surface area contributed by atoms with Gasteiger partial charge < -0.3 is 10.6 Å². The minimum atomic E-state index is -0.108. The van der Waals surface area contributed by atoms with Crippen LogP contribution in [0.1, 0.15) is 24.8 Å². The van der Waals surface area contributed by atoms with Crippen LogP contribution in [0.4, 0.5) is 4.39 Å². The number of hydrogen-bond donors (Lipinski definition) is 2. The number of hydrogen-bond acceptors (Lipinski definition) is 2. The Balaban J connectivity index is 1.62. The lowest BCUT2D eigenvalue weighted by Crippen LogP contribution is -2.30. The van der Waals surface area contributed by atoms with Crippen molar-refractivity contribution in [2.75, 3.05) is 26.2 Å². The summed E-state index contributed by atoms with van der Waals surface area (Å²) in [6.07, 6.45) is 4.57. The lowest BCUT2D eigenvalue weighted by Gasteiger charge is -2.22. The van der Waals surface area contributed by atoms with Crippen molar-refractivity contribution in [3.05, 3.63) is 34.1 Å². The summed E-state index contributed by atoms with van der Waals surface area (Å²) in [5.74, 6) is 0.750. The maximum Gasteiger partial charge on any atom is 0.126 e. The van der Waals surface area contributed by atoms with Crippen LogP contribution in [0.15, 0.2) is 22.7 Å². The fraction of sp³-hybridized carbons (Fsp3) is 0.600. The van der Waals surface area contributed by atoms with Gasteiger partial charge in [0.25, 0.3) is 0 Å². The van der Waals surface area contributed by atoms with Gasteiger partial charge in [-0.3, -0.25) is 0 Å². The third-order valence-electron chi connectivity index (χ3n) is 3.77. The quantitative estimate of drug-likeness (QED) is 0.784. The summed E-state index contributed by atoms with van der Waals surface area (Å²) in [6, 6.07) is 5.13. The van der Waals surface area contributed by atoms with E-state index in [0.717, 1.165) is 48.6 Å². The molecule has 0 bridgehead atoms. The van der Waals surface area contributed by atoms with Gasteiger partial charge in [-0.25, -0.2) is 4.39 Å². The molecule has 0 aromatic heterocycles. The van der Waals surface area contributed by atoms with E-state index in [-0.39, 0.29) is 5.82 Å². The molecule has 106 valence electrons. The van der Waals surface area contributed by atoms with Gasteiger partial charge in [0.1, 0.15) is 5.82 Å². The third-order valence-corrected chi connectivity index (χ3v) is 4.26. The molecule has 19 heavy (non-hydrogen) atoms. The smallest absolute Gasteiger partial charge is 0.126 e. The van der Waals surface area contributed by atoms with Crippen molar-refractivity contribution in [2.45, 2.75) is 25.7 Å². The van der Waals surface area contributed by atoms with Crippen molar-refractivity contribution in [2.24, 2.45) is 5.92 Å². The zero-order valence-electron chi connectivity index (χ0n) is 11.2. The SMILES string of the molecule is Fc1ccc(Br)cc1CCNCCC1CCNCC1. The molecule has 2 rings (SSSR count). The maximum atomic E-state index is 13.5. The molecule has 1 fully saturated rings. The maximum absolute atomic E-state index is 13.5. The Morgan fingerprint density at radius 1 is 1.26 bits per heavy atom. The number of benzene rings is 1. The predicted octanol–water partition coefficient (Wildman–Crippen LogP) is 3.11. The standard InChI is InChI=1S/C15H22BrFN2/c16-14-1-2-15(17)13(11-14)6-10-19-9-5-12-3-7-18-8-4-12/h1-2,11-12,18-19H,3-10H2. The van der Waals surface area contributed by atoms with Crippen molar-refractivity contribution in [3.8, 4) is 0 Å². The minimum Gasteiger partial charge on any atom is -0.317 e. The van der Waals surface area contributed by atoms with Crippen LogP contribution in [0.5, 0.6) is 0 Å². The summed E-state index contributed by atoms with van der Waals surface area (Å²) in [5, 5.41) is 6.81. The molecule has 0 amide bonds. The van der Waals surface area contributed by atoms with E-state index in [0.29, 0.717) is 0 Å². The molecular weight excluding hydrogens is 307 g/mol. The zero-order chi connectivity index (χ0) is 13.5. The van der Waals surface area contributed by atoms with Gasteiger partial charge in [-0.2, -0.15) is 0 Å². The highest BCUT2D eigenvalue weighted by atomic mass is 79.9. The van der Waals surface area contributed by atoms with Crippen molar-refractivity contribution in [1.82, 2.24) is 10.6 Å². The first-order chi connectivity index (χ1) is 9.25. The van der Waals surface area contributed by atoms with Gasteiger partial charge in [0.15, 0.2) is 0 Å². The molecule has 0 radical (unpaired) electrons. The fourth-order valence-corrected chi connectivity index (χ4v) is 2.97. The van der Waals surface area contributed by atoms with Crippen molar-refractivity contribution < 1.29 is 4.39 Å². The van der Waals surface area contributed by atoms with Gasteiger partial charge in [0.05, 0.1) is 0 Å². The summed E-state index contributed by atoms with van der Waals surface area (Å²) in [6.45, 7) is 4.21. The van der Waals surface area contributed by atoms with Gasteiger partial charge in [-0.05, 0) is 81.5 Å². The third kappa shape index (κ3) is 5.21. The first-order valence-electron chi connectivity index (χ1n) is 7.11. The second-order valence-corrected chi connectivity index (χ2v) is 6.13. The molecule has 1 saturated heterocycles. The summed E-state index contributed by atoms with van der Waals surface area (Å²) >= 11 is 3.38. The van der Waals surface area contributed by atoms with E-state index in [1.165, 1.54) is 25.3 Å². The van der Waals surface area contributed by atoms with Crippen LogP contribution >= 0.6 is 15.9 Å². The summed E-state index contributed by atoms with van der Waals surface area (Å²) in [4.78, 5) is 0. The lowest BCUT2D eigenvalue weighted by molar-refractivity contribution is 0.348. The molecule has 1 heterocycles. The van der Waals surface area contributed by atoms with E-state index < -0.39 is 0 Å². The Morgan fingerprint density at radius 2 is 2.05 bits per heavy atom. The van der Waals surface area contributed by atoms with Crippen LogP contribution in [0.25, 0.3) is 0 Å². The molecule has 2 nitrogen and oxygen atoms in total. The Kier molecular flexibility index (Phi) is 6.28. The molecule has 0 unspecified atom stereocenters. The van der Waals surface area contributed by atoms with Crippen LogP contribution in [0.2, 0.25) is 0 Å². The largest absolute Gasteiger partial charge is 0.317 e. The number of rotatable bonds is 6. The van der Waals surface area contributed by atoms with E-state index >= 15 is 0 Å². The van der Waals surface area contributed by atoms with Crippen molar-refractivity contribution in [3.63, 3.8) is 0 Å². The summed E-state index contributed by atoms with van der Waals surface area (Å²) in [5.41, 5.74) is 0.781. The number of halogens is 2. The Bertz CT molecular complexity index is 392. The summed E-state index contributed by atoms with van der Waals surface area (Å²) < 4.78 is 14.5. The Hall–Kier alpha value is -0.450. The van der Waals surface area contributed by atoms with Crippen LogP contribution in [0.3, 0.4) is 0 Å². The van der Waals surface area contributed by atoms with Gasteiger partial charge >= 0.3 is 0 Å². The van der Waals surface area contributed by atoms with Crippen LogP contribution in [-0.2, 0) is 6.42 Å². The predicted molar refractivity (Wildman–Crippen MR) is 80.9 cm³/mol. The van der Waals surface area contributed by atoms with Gasteiger partial charge in [-0.15, -0.1) is 0 Å². The van der Waals surface area contributed by atoms with E-state index in [4.69, 9.17) is 0 Å². The van der Waals surface area contributed by atoms with Crippen LogP contribution in [-0.4, -0.2) is 26.2 Å². The molecule has 1 aliphatic heterocycles. The molecule has 4 heteroatoms. The first-order valence-corrected chi connectivity index (χ1v) is 7.90. The fourth-order valence-electron chi connectivity index (χ4n) is 2.56. The average molecular weight is 329 g/mol. The Labute approximate surface area is 123 Å². The average Bonchev–Trinajstić information content (AvgIpc) is 2.43. The molecule has 0 saturated carbocycles. The normalized spacial score (nSPS) is 16.7. The van der Waals surface area contributed by atoms with Crippen LogP contribution < -0.4 is 10.6 Å². The Morgan fingerprint density at radius 3 is 2.84 bits per heavy atom. The number of nitrogens with one attached hydrogen (secondary N) is 2. The highest BCUT2D eigenvalue weighted by Gasteiger charge is 2.11. The number of piperidine rings is 1. The van der Waals surface area contributed by atoms with Crippen LogP contribution in [0, 0.1) is 11.7 Å². The van der Waals surface area contributed by atoms with Gasteiger partial charge in [-0.1, -0.05) is 15.9 Å². The van der Waals surface area contributed by atoms with Crippen molar-refractivity contribution >= 4 is 15.9 Å². The summed E-state index contributed by atoms with van der Waals surface area (Å²) in [7, 11) is 0. The highest BCUT2D eigenvalue weighted by molar-refractivity contribution is 9.10. The molecule has 0 aliphatic carbocycles. The topological polar surface area (TPSA) is 24.1 Å². The van der Waals surface area contributed by atoms with Crippen molar-refractivity contribution in [1.29, 1.82) is 0 Å². The second-order valence-electron chi connectivity index (χ2n) is 5.22. The van der Waals surface area contributed by atoms with E-state index in [2.05, 4.69) is 26.6 Å². The van der Waals surface area contributed by atoms with Gasteiger partial charge in [0, 0.05) is 4.47 Å². The highest BCUT2D eigenvalue weighted by Crippen LogP contribution is 2.16. The monoisotopic (exact) mass is 328 g/mol. The molecule has 2 N–H and O–H groups in total. The van der Waals surface area contributed by atoms with E-state index in [1.54, 1.807) is 6.07 Å².